The molecule has 2 N–H and O–H groups in total. The fraction of sp³-hybridized carbons (Fsp3) is 0.730. The van der Waals surface area contributed by atoms with Gasteiger partial charge in [0.15, 0.2) is 5.78 Å². The highest BCUT2D eigenvalue weighted by Gasteiger charge is 2.70. The summed E-state index contributed by atoms with van der Waals surface area (Å²) in [6, 6.07) is 6.14. The number of aliphatic hydroxyl groups excluding tert-OH is 1. The normalized spacial score (nSPS) is 42.5. The van der Waals surface area contributed by atoms with E-state index in [4.69, 9.17) is 0 Å². The summed E-state index contributed by atoms with van der Waals surface area (Å²) < 4.78 is 13.5. The molecule has 0 spiro atoms. The number of carbonyl (C=O) groups is 2. The molecule has 5 aliphatic rings. The third kappa shape index (κ3) is 4.07. The number of nitrogens with one attached hydrogen (secondary N) is 1. The minimum absolute atomic E-state index is 0.0371. The molecule has 5 heteroatoms. The molecular formula is C37H52FNO3. The molecule has 0 bridgehead atoms. The van der Waals surface area contributed by atoms with Crippen LogP contribution in [0.5, 0.6) is 0 Å². The first kappa shape index (κ1) is 30.0. The largest absolute Gasteiger partial charge is 0.393 e. The van der Waals surface area contributed by atoms with Gasteiger partial charge in [0.2, 0.25) is 5.91 Å². The van der Waals surface area contributed by atoms with Crippen LogP contribution >= 0.6 is 0 Å². The van der Waals surface area contributed by atoms with Crippen molar-refractivity contribution in [2.75, 3.05) is 0 Å². The smallest absolute Gasteiger partial charge is 0.225 e. The van der Waals surface area contributed by atoms with Gasteiger partial charge in [0.05, 0.1) is 18.1 Å². The van der Waals surface area contributed by atoms with Gasteiger partial charge in [0, 0.05) is 6.42 Å². The molecule has 6 rings (SSSR count). The van der Waals surface area contributed by atoms with E-state index in [-0.39, 0.29) is 63.5 Å². The Labute approximate surface area is 252 Å². The number of fused-ring (bicyclic) bond motifs is 7. The van der Waals surface area contributed by atoms with E-state index in [0.29, 0.717) is 18.3 Å². The summed E-state index contributed by atoms with van der Waals surface area (Å²) in [6.07, 6.45) is 8.56. The van der Waals surface area contributed by atoms with Crippen LogP contribution < -0.4 is 5.32 Å². The molecule has 0 heterocycles. The molecule has 0 unspecified atom stereocenters. The van der Waals surface area contributed by atoms with Gasteiger partial charge in [0.25, 0.3) is 0 Å². The molecular weight excluding hydrogens is 525 g/mol. The molecule has 0 radical (unpaired) electrons. The number of rotatable bonds is 4. The van der Waals surface area contributed by atoms with Crippen molar-refractivity contribution in [2.45, 2.75) is 124 Å². The van der Waals surface area contributed by atoms with Crippen molar-refractivity contribution in [1.29, 1.82) is 0 Å². The first-order valence-corrected chi connectivity index (χ1v) is 16.6. The van der Waals surface area contributed by atoms with E-state index in [1.54, 1.807) is 12.1 Å². The van der Waals surface area contributed by atoms with Crippen molar-refractivity contribution in [3.05, 3.63) is 46.8 Å². The maximum absolute atomic E-state index is 13.8. The van der Waals surface area contributed by atoms with Crippen molar-refractivity contribution < 1.29 is 19.1 Å². The highest BCUT2D eigenvalue weighted by atomic mass is 19.1. The minimum atomic E-state index is -0.612. The lowest BCUT2D eigenvalue weighted by Crippen LogP contribution is -2.67. The van der Waals surface area contributed by atoms with Crippen LogP contribution in [0.3, 0.4) is 0 Å². The number of aliphatic hydroxyl groups is 1. The third-order valence-corrected chi connectivity index (χ3v) is 14.1. The summed E-state index contributed by atoms with van der Waals surface area (Å²) in [7, 11) is 0. The van der Waals surface area contributed by atoms with E-state index in [0.717, 1.165) is 62.5 Å². The average Bonchev–Trinajstić information content (AvgIpc) is 3.20. The zero-order valence-electron chi connectivity index (χ0n) is 26.9. The highest BCUT2D eigenvalue weighted by Crippen LogP contribution is 2.75. The number of hydrogen-bond donors (Lipinski definition) is 2. The molecule has 5 aliphatic carbocycles. The highest BCUT2D eigenvalue weighted by molar-refractivity contribution is 6.02. The molecule has 1 amide bonds. The number of Topliss-reactive ketones (excluding diaryl/α,β-unsaturated/α-hetero) is 1. The van der Waals surface area contributed by atoms with Crippen LogP contribution in [0, 0.1) is 51.1 Å². The van der Waals surface area contributed by atoms with Crippen LogP contribution in [0.1, 0.15) is 112 Å². The number of halogens is 1. The van der Waals surface area contributed by atoms with Gasteiger partial charge in [0.1, 0.15) is 5.82 Å². The van der Waals surface area contributed by atoms with E-state index in [1.807, 2.05) is 0 Å². The number of carbonyl (C=O) groups excluding carboxylic acids is 2. The Morgan fingerprint density at radius 1 is 0.929 bits per heavy atom. The SMILES string of the molecule is CC(C)C1=C2[C@H]3CC[C@@H]4[C@@]5(C)CC[C@H](O)C(C)(C)[C@@H]5CC[C@@]4(C)[C@]3(C)CC[C@@]2(NC(=O)Cc2ccc(F)cc2)CC1=O. The first-order valence-electron chi connectivity index (χ1n) is 16.6. The quantitative estimate of drug-likeness (QED) is 0.388. The van der Waals surface area contributed by atoms with Gasteiger partial charge < -0.3 is 10.4 Å². The zero-order chi connectivity index (χ0) is 30.5. The van der Waals surface area contributed by atoms with E-state index < -0.39 is 5.54 Å². The van der Waals surface area contributed by atoms with E-state index >= 15 is 0 Å². The summed E-state index contributed by atoms with van der Waals surface area (Å²) >= 11 is 0. The molecule has 42 heavy (non-hydrogen) atoms. The molecule has 8 atom stereocenters. The lowest BCUT2D eigenvalue weighted by Gasteiger charge is -2.72. The molecule has 1 aromatic carbocycles. The fourth-order valence-electron chi connectivity index (χ4n) is 11.8. The molecule has 0 saturated heterocycles. The maximum Gasteiger partial charge on any atom is 0.225 e. The van der Waals surface area contributed by atoms with Crippen LogP contribution in [0.2, 0.25) is 0 Å². The number of benzene rings is 1. The van der Waals surface area contributed by atoms with Gasteiger partial charge in [-0.15, -0.1) is 0 Å². The Morgan fingerprint density at radius 3 is 2.29 bits per heavy atom. The lowest BCUT2D eigenvalue weighted by molar-refractivity contribution is -0.227. The Balaban J connectivity index is 1.36. The monoisotopic (exact) mass is 577 g/mol. The van der Waals surface area contributed by atoms with E-state index in [2.05, 4.69) is 53.8 Å². The summed E-state index contributed by atoms with van der Waals surface area (Å²) in [6.45, 7) is 16.5. The van der Waals surface area contributed by atoms with Gasteiger partial charge in [-0.05, 0) is 126 Å². The summed E-state index contributed by atoms with van der Waals surface area (Å²) in [5.41, 5.74) is 2.67. The van der Waals surface area contributed by atoms with Gasteiger partial charge in [-0.3, -0.25) is 9.59 Å². The predicted molar refractivity (Wildman–Crippen MR) is 164 cm³/mol. The Hall–Kier alpha value is -2.01. The van der Waals surface area contributed by atoms with Crippen molar-refractivity contribution in [3.63, 3.8) is 0 Å². The summed E-state index contributed by atoms with van der Waals surface area (Å²) in [5.74, 6) is 1.29. The second-order valence-electron chi connectivity index (χ2n) is 16.5. The minimum Gasteiger partial charge on any atom is -0.393 e. The molecule has 4 nitrogen and oxygen atoms in total. The van der Waals surface area contributed by atoms with Crippen LogP contribution in [0.15, 0.2) is 35.4 Å². The van der Waals surface area contributed by atoms with E-state index in [1.165, 1.54) is 17.7 Å². The first-order chi connectivity index (χ1) is 19.6. The van der Waals surface area contributed by atoms with Crippen molar-refractivity contribution in [1.82, 2.24) is 5.32 Å². The number of amides is 1. The van der Waals surface area contributed by atoms with Crippen molar-refractivity contribution in [3.8, 4) is 0 Å². The van der Waals surface area contributed by atoms with Gasteiger partial charge in [-0.25, -0.2) is 4.39 Å². The van der Waals surface area contributed by atoms with Gasteiger partial charge in [-0.1, -0.05) is 60.6 Å². The van der Waals surface area contributed by atoms with Crippen LogP contribution in [0.25, 0.3) is 0 Å². The standard InChI is InChI=1S/C37H52FNO3/c1-22(2)31-26(40)21-37(39-30(42)20-23-8-10-24(38)11-9-23)19-18-35(6)25(32(31)37)12-13-28-34(5)16-15-29(41)33(3,4)27(34)14-17-36(28,35)7/h8-11,22,25,27-29,41H,12-21H2,1-7H3,(H,39,42)/t25-,27+,28-,29+,34+,35-,36-,37-/m1/s1. The fourth-order valence-corrected chi connectivity index (χ4v) is 11.8. The van der Waals surface area contributed by atoms with Crippen LogP contribution in [0.4, 0.5) is 4.39 Å². The Morgan fingerprint density at radius 2 is 1.62 bits per heavy atom. The molecule has 0 aromatic heterocycles. The van der Waals surface area contributed by atoms with Crippen molar-refractivity contribution in [2.24, 2.45) is 45.3 Å². The topological polar surface area (TPSA) is 66.4 Å². The summed E-state index contributed by atoms with van der Waals surface area (Å²) in [5, 5.41) is 14.5. The van der Waals surface area contributed by atoms with E-state index in [9.17, 15) is 19.1 Å². The maximum atomic E-state index is 13.8. The zero-order valence-corrected chi connectivity index (χ0v) is 26.9. The Bertz CT molecular complexity index is 1310. The second-order valence-corrected chi connectivity index (χ2v) is 16.5. The summed E-state index contributed by atoms with van der Waals surface area (Å²) in [4.78, 5) is 27.3. The number of allylic oxidation sites excluding steroid dienone is 1. The third-order valence-electron chi connectivity index (χ3n) is 14.1. The molecule has 4 saturated carbocycles. The van der Waals surface area contributed by atoms with Crippen LogP contribution in [-0.2, 0) is 16.0 Å². The number of ketones is 1. The second kappa shape index (κ2) is 9.74. The average molecular weight is 578 g/mol. The predicted octanol–water partition coefficient (Wildman–Crippen LogP) is 7.58. The molecule has 4 fully saturated rings. The van der Waals surface area contributed by atoms with Gasteiger partial charge >= 0.3 is 0 Å². The van der Waals surface area contributed by atoms with Crippen molar-refractivity contribution >= 4 is 11.7 Å². The Kier molecular flexibility index (Phi) is 6.97. The molecule has 230 valence electrons. The van der Waals surface area contributed by atoms with Gasteiger partial charge in [-0.2, -0.15) is 0 Å². The van der Waals surface area contributed by atoms with Crippen LogP contribution in [-0.4, -0.2) is 28.4 Å². The number of hydrogen-bond acceptors (Lipinski definition) is 3. The molecule has 1 aromatic rings. The molecule has 0 aliphatic heterocycles. The lowest BCUT2D eigenvalue weighted by atomic mass is 9.33.